The molecule has 0 bridgehead atoms. The van der Waals surface area contributed by atoms with Crippen molar-refractivity contribution in [2.75, 3.05) is 30.5 Å². The lowest BCUT2D eigenvalue weighted by molar-refractivity contribution is 0.476. The smallest absolute Gasteiger partial charge is 0.209 e. The third-order valence-corrected chi connectivity index (χ3v) is 3.44. The molecule has 0 amide bonds. The van der Waals surface area contributed by atoms with Crippen LogP contribution in [-0.4, -0.2) is 43.8 Å². The molecule has 1 rings (SSSR count). The van der Waals surface area contributed by atoms with E-state index in [1.165, 1.54) is 0 Å². The Labute approximate surface area is 120 Å². The van der Waals surface area contributed by atoms with Crippen molar-refractivity contribution in [2.24, 2.45) is 0 Å². The van der Waals surface area contributed by atoms with Gasteiger partial charge in [0.05, 0.1) is 6.26 Å². The van der Waals surface area contributed by atoms with Crippen LogP contribution in [0.1, 0.15) is 26.6 Å². The maximum atomic E-state index is 11.3. The first kappa shape index (κ1) is 16.6. The van der Waals surface area contributed by atoms with Crippen LogP contribution in [0.4, 0.5) is 11.6 Å². The fourth-order valence-corrected chi connectivity index (χ4v) is 2.80. The number of hydrogen-bond donors (Lipinski definition) is 3. The summed E-state index contributed by atoms with van der Waals surface area (Å²) in [6.07, 6.45) is 1.88. The molecule has 20 heavy (non-hydrogen) atoms. The SMILES string of the molecule is CCc1nc(NC)cc(NCC(C)(C)NS(C)(=O)=O)n1. The number of aromatic nitrogens is 2. The van der Waals surface area contributed by atoms with Gasteiger partial charge in [-0.3, -0.25) is 0 Å². The highest BCUT2D eigenvalue weighted by Gasteiger charge is 2.22. The largest absolute Gasteiger partial charge is 0.373 e. The lowest BCUT2D eigenvalue weighted by atomic mass is 10.1. The van der Waals surface area contributed by atoms with Crippen molar-refractivity contribution in [3.8, 4) is 0 Å². The standard InChI is InChI=1S/C12H23N5O2S/c1-6-9-15-10(13-4)7-11(16-9)14-8-12(2,3)17-20(5,18)19/h7,17H,6,8H2,1-5H3,(H2,13,14,15,16). The van der Waals surface area contributed by atoms with E-state index in [0.29, 0.717) is 12.4 Å². The van der Waals surface area contributed by atoms with Gasteiger partial charge in [-0.05, 0) is 13.8 Å². The third kappa shape index (κ3) is 5.70. The fourth-order valence-electron chi connectivity index (χ4n) is 1.72. The molecule has 0 radical (unpaired) electrons. The first-order chi connectivity index (χ1) is 9.15. The van der Waals surface area contributed by atoms with Crippen molar-refractivity contribution in [2.45, 2.75) is 32.7 Å². The van der Waals surface area contributed by atoms with Crippen LogP contribution < -0.4 is 15.4 Å². The highest BCUT2D eigenvalue weighted by Crippen LogP contribution is 2.13. The van der Waals surface area contributed by atoms with Gasteiger partial charge in [-0.2, -0.15) is 0 Å². The molecule has 0 spiro atoms. The second-order valence-electron chi connectivity index (χ2n) is 5.27. The summed E-state index contributed by atoms with van der Waals surface area (Å²) in [7, 11) is -1.45. The van der Waals surface area contributed by atoms with Gasteiger partial charge in [-0.1, -0.05) is 6.92 Å². The molecule has 0 saturated carbocycles. The number of sulfonamides is 1. The number of rotatable bonds is 7. The van der Waals surface area contributed by atoms with Gasteiger partial charge in [-0.25, -0.2) is 23.1 Å². The first-order valence-corrected chi connectivity index (χ1v) is 8.33. The molecule has 1 aromatic heterocycles. The van der Waals surface area contributed by atoms with Crippen LogP contribution in [0.25, 0.3) is 0 Å². The van der Waals surface area contributed by atoms with Crippen LogP contribution in [0.2, 0.25) is 0 Å². The Morgan fingerprint density at radius 3 is 2.35 bits per heavy atom. The molecule has 7 nitrogen and oxygen atoms in total. The predicted molar refractivity (Wildman–Crippen MR) is 81.5 cm³/mol. The Bertz CT molecular complexity index is 535. The van der Waals surface area contributed by atoms with Gasteiger partial charge >= 0.3 is 0 Å². The quantitative estimate of drug-likeness (QED) is 0.690. The van der Waals surface area contributed by atoms with Gasteiger partial charge in [0.25, 0.3) is 0 Å². The Kier molecular flexibility index (Phi) is 5.29. The Morgan fingerprint density at radius 2 is 1.85 bits per heavy atom. The molecular formula is C12H23N5O2S. The third-order valence-electron chi connectivity index (χ3n) is 2.52. The number of nitrogens with one attached hydrogen (secondary N) is 3. The number of anilines is 2. The minimum atomic E-state index is -3.25. The first-order valence-electron chi connectivity index (χ1n) is 6.44. The van der Waals surface area contributed by atoms with Crippen LogP contribution >= 0.6 is 0 Å². The van der Waals surface area contributed by atoms with Gasteiger partial charge in [0.2, 0.25) is 10.0 Å². The van der Waals surface area contributed by atoms with Crippen LogP contribution in [0.5, 0.6) is 0 Å². The average Bonchev–Trinajstić information content (AvgIpc) is 2.33. The van der Waals surface area contributed by atoms with Gasteiger partial charge < -0.3 is 10.6 Å². The molecule has 1 aromatic rings. The van der Waals surface area contributed by atoms with E-state index < -0.39 is 15.6 Å². The summed E-state index contributed by atoms with van der Waals surface area (Å²) in [5, 5.41) is 6.11. The Hall–Kier alpha value is -1.41. The van der Waals surface area contributed by atoms with Crippen molar-refractivity contribution in [1.29, 1.82) is 0 Å². The fraction of sp³-hybridized carbons (Fsp3) is 0.667. The summed E-state index contributed by atoms with van der Waals surface area (Å²) in [5.74, 6) is 2.13. The molecule has 0 saturated heterocycles. The summed E-state index contributed by atoms with van der Waals surface area (Å²) in [6, 6.07) is 1.79. The molecule has 114 valence electrons. The predicted octanol–water partition coefficient (Wildman–Crippen LogP) is 0.820. The van der Waals surface area contributed by atoms with Gasteiger partial charge in [0, 0.05) is 31.6 Å². The minimum Gasteiger partial charge on any atom is -0.373 e. The van der Waals surface area contributed by atoms with Crippen LogP contribution in [-0.2, 0) is 16.4 Å². The maximum absolute atomic E-state index is 11.3. The molecule has 0 aromatic carbocycles. The number of nitrogens with zero attached hydrogens (tertiary/aromatic N) is 2. The highest BCUT2D eigenvalue weighted by atomic mass is 32.2. The second-order valence-corrected chi connectivity index (χ2v) is 7.02. The van der Waals surface area contributed by atoms with Crippen LogP contribution in [0, 0.1) is 0 Å². The van der Waals surface area contributed by atoms with Crippen molar-refractivity contribution in [1.82, 2.24) is 14.7 Å². The molecule has 0 aliphatic carbocycles. The van der Waals surface area contributed by atoms with Gasteiger partial charge in [0.1, 0.15) is 17.5 Å². The summed E-state index contributed by atoms with van der Waals surface area (Å²) >= 11 is 0. The zero-order chi connectivity index (χ0) is 15.4. The van der Waals surface area contributed by atoms with Crippen molar-refractivity contribution < 1.29 is 8.42 Å². The van der Waals surface area contributed by atoms with E-state index in [1.807, 2.05) is 20.8 Å². The number of aryl methyl sites for hydroxylation is 1. The summed E-state index contributed by atoms with van der Waals surface area (Å²) in [4.78, 5) is 8.66. The van der Waals surface area contributed by atoms with E-state index in [1.54, 1.807) is 13.1 Å². The van der Waals surface area contributed by atoms with E-state index in [4.69, 9.17) is 0 Å². The van der Waals surface area contributed by atoms with E-state index in [2.05, 4.69) is 25.3 Å². The Balaban J connectivity index is 2.78. The zero-order valence-electron chi connectivity index (χ0n) is 12.6. The Morgan fingerprint density at radius 1 is 1.25 bits per heavy atom. The van der Waals surface area contributed by atoms with E-state index >= 15 is 0 Å². The normalized spacial score (nSPS) is 12.2. The van der Waals surface area contributed by atoms with Crippen LogP contribution in [0.3, 0.4) is 0 Å². The topological polar surface area (TPSA) is 96.0 Å². The molecule has 8 heteroatoms. The van der Waals surface area contributed by atoms with Gasteiger partial charge in [-0.15, -0.1) is 0 Å². The lowest BCUT2D eigenvalue weighted by Gasteiger charge is -2.25. The zero-order valence-corrected chi connectivity index (χ0v) is 13.4. The highest BCUT2D eigenvalue weighted by molar-refractivity contribution is 7.88. The average molecular weight is 301 g/mol. The van der Waals surface area contributed by atoms with Crippen molar-refractivity contribution in [3.05, 3.63) is 11.9 Å². The van der Waals surface area contributed by atoms with E-state index in [9.17, 15) is 8.42 Å². The van der Waals surface area contributed by atoms with Gasteiger partial charge in [0.15, 0.2) is 0 Å². The molecule has 0 fully saturated rings. The lowest BCUT2D eigenvalue weighted by Crippen LogP contribution is -2.47. The minimum absolute atomic E-state index is 0.420. The van der Waals surface area contributed by atoms with Crippen LogP contribution in [0.15, 0.2) is 6.07 Å². The van der Waals surface area contributed by atoms with Crippen molar-refractivity contribution >= 4 is 21.7 Å². The summed E-state index contributed by atoms with van der Waals surface area (Å²) < 4.78 is 25.1. The molecule has 0 aliphatic heterocycles. The van der Waals surface area contributed by atoms with E-state index in [0.717, 1.165) is 24.3 Å². The van der Waals surface area contributed by atoms with Crippen molar-refractivity contribution in [3.63, 3.8) is 0 Å². The molecule has 3 N–H and O–H groups in total. The number of hydrogen-bond acceptors (Lipinski definition) is 6. The monoisotopic (exact) mass is 301 g/mol. The molecule has 0 atom stereocenters. The molecule has 0 aliphatic rings. The van der Waals surface area contributed by atoms with E-state index in [-0.39, 0.29) is 0 Å². The summed E-state index contributed by atoms with van der Waals surface area (Å²) in [5.41, 5.74) is -0.606. The summed E-state index contributed by atoms with van der Waals surface area (Å²) in [6.45, 7) is 6.01. The molecule has 0 unspecified atom stereocenters. The maximum Gasteiger partial charge on any atom is 0.209 e. The molecular weight excluding hydrogens is 278 g/mol. The molecule has 1 heterocycles. The second kappa shape index (κ2) is 6.36.